The van der Waals surface area contributed by atoms with Crippen LogP contribution in [-0.2, 0) is 13.1 Å². The molecule has 1 aliphatic heterocycles. The van der Waals surface area contributed by atoms with Gasteiger partial charge in [-0.15, -0.1) is 0 Å². The Labute approximate surface area is 126 Å². The molecule has 0 amide bonds. The number of fused-ring (bicyclic) bond motifs is 1. The van der Waals surface area contributed by atoms with E-state index in [0.29, 0.717) is 6.04 Å². The first-order valence-corrected chi connectivity index (χ1v) is 7.87. The van der Waals surface area contributed by atoms with Crippen LogP contribution in [0.3, 0.4) is 0 Å². The third-order valence-corrected chi connectivity index (χ3v) is 4.21. The van der Waals surface area contributed by atoms with Gasteiger partial charge in [0.1, 0.15) is 5.82 Å². The van der Waals surface area contributed by atoms with Crippen molar-refractivity contribution in [1.82, 2.24) is 19.8 Å². The highest BCUT2D eigenvalue weighted by Gasteiger charge is 2.18. The van der Waals surface area contributed by atoms with E-state index in [2.05, 4.69) is 63.2 Å². The number of hydrogen-bond acceptors (Lipinski definition) is 3. The zero-order valence-corrected chi connectivity index (χ0v) is 12.7. The molecule has 0 radical (unpaired) electrons. The quantitative estimate of drug-likeness (QED) is 0.884. The average molecular weight is 284 g/mol. The van der Waals surface area contributed by atoms with Crippen molar-refractivity contribution >= 4 is 0 Å². The molecule has 1 unspecified atom stereocenters. The van der Waals surface area contributed by atoms with Gasteiger partial charge in [-0.3, -0.25) is 4.90 Å². The lowest BCUT2D eigenvalue weighted by atomic mass is 10.0. The van der Waals surface area contributed by atoms with Crippen LogP contribution >= 0.6 is 0 Å². The molecule has 1 aliphatic rings. The maximum Gasteiger partial charge on any atom is 0.122 e. The highest BCUT2D eigenvalue weighted by molar-refractivity contribution is 5.18. The van der Waals surface area contributed by atoms with E-state index in [4.69, 9.17) is 0 Å². The first-order chi connectivity index (χ1) is 10.4. The van der Waals surface area contributed by atoms with Crippen LogP contribution < -0.4 is 5.32 Å². The summed E-state index contributed by atoms with van der Waals surface area (Å²) in [6.07, 6.45) is 5.13. The molecule has 2 aromatic rings. The van der Waals surface area contributed by atoms with Gasteiger partial charge in [0.15, 0.2) is 0 Å². The van der Waals surface area contributed by atoms with Crippen molar-refractivity contribution in [2.24, 2.45) is 0 Å². The maximum atomic E-state index is 4.43. The van der Waals surface area contributed by atoms with Gasteiger partial charge in [-0.05, 0) is 18.5 Å². The molecule has 0 aliphatic carbocycles. The summed E-state index contributed by atoms with van der Waals surface area (Å²) in [5.41, 5.74) is 1.39. The maximum absolute atomic E-state index is 4.43. The fourth-order valence-corrected chi connectivity index (χ4v) is 3.04. The van der Waals surface area contributed by atoms with Crippen molar-refractivity contribution in [2.45, 2.75) is 32.5 Å². The van der Waals surface area contributed by atoms with Gasteiger partial charge in [0.2, 0.25) is 0 Å². The Morgan fingerprint density at radius 1 is 1.24 bits per heavy atom. The highest BCUT2D eigenvalue weighted by Crippen LogP contribution is 2.18. The summed E-state index contributed by atoms with van der Waals surface area (Å²) in [6.45, 7) is 7.45. The second-order valence-electron chi connectivity index (χ2n) is 5.62. The Balaban J connectivity index is 1.58. The van der Waals surface area contributed by atoms with Crippen LogP contribution in [0.5, 0.6) is 0 Å². The molecule has 1 N–H and O–H groups in total. The van der Waals surface area contributed by atoms with Gasteiger partial charge in [-0.25, -0.2) is 4.98 Å². The summed E-state index contributed by atoms with van der Waals surface area (Å²) >= 11 is 0. The summed E-state index contributed by atoms with van der Waals surface area (Å²) in [7, 11) is 0. The van der Waals surface area contributed by atoms with Gasteiger partial charge in [-0.1, -0.05) is 37.3 Å². The Kier molecular flexibility index (Phi) is 4.68. The zero-order chi connectivity index (χ0) is 14.5. The number of rotatable bonds is 6. The van der Waals surface area contributed by atoms with Gasteiger partial charge in [-0.2, -0.15) is 0 Å². The summed E-state index contributed by atoms with van der Waals surface area (Å²) in [5.74, 6) is 1.20. The van der Waals surface area contributed by atoms with Gasteiger partial charge < -0.3 is 9.88 Å². The fraction of sp³-hybridized carbons (Fsp3) is 0.471. The molecule has 0 saturated carbocycles. The first kappa shape index (κ1) is 14.3. The van der Waals surface area contributed by atoms with Crippen LogP contribution in [0.25, 0.3) is 0 Å². The highest BCUT2D eigenvalue weighted by atomic mass is 15.2. The van der Waals surface area contributed by atoms with Crippen molar-refractivity contribution in [3.05, 3.63) is 54.1 Å². The van der Waals surface area contributed by atoms with E-state index in [1.165, 1.54) is 11.4 Å². The Bertz CT molecular complexity index is 549. The van der Waals surface area contributed by atoms with Crippen LogP contribution in [-0.4, -0.2) is 34.1 Å². The zero-order valence-electron chi connectivity index (χ0n) is 12.7. The summed E-state index contributed by atoms with van der Waals surface area (Å²) in [5, 5.41) is 3.61. The molecule has 0 saturated heterocycles. The number of aromatic nitrogens is 2. The fourth-order valence-electron chi connectivity index (χ4n) is 3.04. The second-order valence-corrected chi connectivity index (χ2v) is 5.62. The Morgan fingerprint density at radius 3 is 2.90 bits per heavy atom. The molecule has 112 valence electrons. The predicted octanol–water partition coefficient (Wildman–Crippen LogP) is 2.44. The minimum absolute atomic E-state index is 0.442. The molecule has 2 heterocycles. The molecule has 1 aromatic carbocycles. The summed E-state index contributed by atoms with van der Waals surface area (Å²) < 4.78 is 2.26. The van der Waals surface area contributed by atoms with Crippen LogP contribution in [0.1, 0.15) is 30.8 Å². The van der Waals surface area contributed by atoms with Crippen LogP contribution in [0.4, 0.5) is 0 Å². The lowest BCUT2D eigenvalue weighted by Crippen LogP contribution is -2.36. The lowest BCUT2D eigenvalue weighted by Gasteiger charge is -2.29. The Hall–Kier alpha value is -1.65. The number of hydrogen-bond donors (Lipinski definition) is 1. The smallest absolute Gasteiger partial charge is 0.122 e. The van der Waals surface area contributed by atoms with Crippen LogP contribution in [0, 0.1) is 0 Å². The number of nitrogens with zero attached hydrogens (tertiary/aromatic N) is 3. The molecular formula is C17H24N4. The van der Waals surface area contributed by atoms with Crippen LogP contribution in [0.2, 0.25) is 0 Å². The van der Waals surface area contributed by atoms with E-state index in [0.717, 1.165) is 39.1 Å². The normalized spacial score (nSPS) is 16.6. The SMILES string of the molecule is CCNC(CCN1CCn2ccnc2C1)c1ccccc1. The third kappa shape index (κ3) is 3.52. The van der Waals surface area contributed by atoms with E-state index in [-0.39, 0.29) is 0 Å². The molecule has 0 spiro atoms. The van der Waals surface area contributed by atoms with E-state index in [1.807, 2.05) is 6.20 Å². The van der Waals surface area contributed by atoms with Crippen LogP contribution in [0.15, 0.2) is 42.7 Å². The van der Waals surface area contributed by atoms with Gasteiger partial charge in [0.05, 0.1) is 6.54 Å². The van der Waals surface area contributed by atoms with E-state index in [1.54, 1.807) is 0 Å². The minimum atomic E-state index is 0.442. The number of imidazole rings is 1. The molecule has 0 bridgehead atoms. The van der Waals surface area contributed by atoms with Crippen molar-refractivity contribution < 1.29 is 0 Å². The minimum Gasteiger partial charge on any atom is -0.333 e. The lowest BCUT2D eigenvalue weighted by molar-refractivity contribution is 0.206. The van der Waals surface area contributed by atoms with Gasteiger partial charge in [0, 0.05) is 38.1 Å². The molecular weight excluding hydrogens is 260 g/mol. The number of nitrogens with one attached hydrogen (secondary N) is 1. The van der Waals surface area contributed by atoms with E-state index in [9.17, 15) is 0 Å². The average Bonchev–Trinajstić information content (AvgIpc) is 3.00. The number of benzene rings is 1. The van der Waals surface area contributed by atoms with Crippen molar-refractivity contribution in [3.63, 3.8) is 0 Å². The Morgan fingerprint density at radius 2 is 2.10 bits per heavy atom. The molecule has 4 nitrogen and oxygen atoms in total. The predicted molar refractivity (Wildman–Crippen MR) is 85.0 cm³/mol. The summed E-state index contributed by atoms with van der Waals surface area (Å²) in [4.78, 5) is 6.94. The molecule has 21 heavy (non-hydrogen) atoms. The van der Waals surface area contributed by atoms with Gasteiger partial charge in [0.25, 0.3) is 0 Å². The molecule has 1 atom stereocenters. The molecule has 1 aromatic heterocycles. The molecule has 0 fully saturated rings. The largest absolute Gasteiger partial charge is 0.333 e. The standard InChI is InChI=1S/C17H24N4/c1-2-18-16(15-6-4-3-5-7-15)8-10-20-12-13-21-11-9-19-17(21)14-20/h3-7,9,11,16,18H,2,8,10,12-14H2,1H3. The second kappa shape index (κ2) is 6.87. The first-order valence-electron chi connectivity index (χ1n) is 7.87. The van der Waals surface area contributed by atoms with Crippen molar-refractivity contribution in [1.29, 1.82) is 0 Å². The molecule has 3 rings (SSSR count). The molecule has 4 heteroatoms. The van der Waals surface area contributed by atoms with E-state index < -0.39 is 0 Å². The monoisotopic (exact) mass is 284 g/mol. The van der Waals surface area contributed by atoms with Gasteiger partial charge >= 0.3 is 0 Å². The topological polar surface area (TPSA) is 33.1 Å². The van der Waals surface area contributed by atoms with E-state index >= 15 is 0 Å². The summed E-state index contributed by atoms with van der Waals surface area (Å²) in [6, 6.07) is 11.2. The van der Waals surface area contributed by atoms with Crippen molar-refractivity contribution in [2.75, 3.05) is 19.6 Å². The third-order valence-electron chi connectivity index (χ3n) is 4.21. The van der Waals surface area contributed by atoms with Crippen molar-refractivity contribution in [3.8, 4) is 0 Å².